The van der Waals surface area contributed by atoms with Crippen LogP contribution in [0.15, 0.2) is 70.0 Å². The van der Waals surface area contributed by atoms with Crippen LogP contribution in [0.25, 0.3) is 11.1 Å². The Balaban J connectivity index is 0.000001000. The first kappa shape index (κ1) is 17.4. The summed E-state index contributed by atoms with van der Waals surface area (Å²) in [6.07, 6.45) is 3.46. The van der Waals surface area contributed by atoms with Gasteiger partial charge in [-0.3, -0.25) is 0 Å². The van der Waals surface area contributed by atoms with E-state index >= 15 is 0 Å². The van der Waals surface area contributed by atoms with Crippen molar-refractivity contribution in [3.8, 4) is 0 Å². The summed E-state index contributed by atoms with van der Waals surface area (Å²) in [5.41, 5.74) is 5.56. The molecule has 2 aromatic carbocycles. The first-order chi connectivity index (χ1) is 8.84. The molecule has 0 amide bonds. The molecular weight excluding hydrogens is 366 g/mol. The van der Waals surface area contributed by atoms with E-state index in [1.54, 1.807) is 3.28 Å². The molecule has 0 unspecified atom stereocenters. The van der Waals surface area contributed by atoms with E-state index in [4.69, 9.17) is 0 Å². The van der Waals surface area contributed by atoms with Crippen LogP contribution >= 0.6 is 24.8 Å². The molecule has 0 N–H and O–H groups in total. The molecule has 0 heterocycles. The van der Waals surface area contributed by atoms with Gasteiger partial charge >= 0.3 is 123 Å². The fraction of sp³-hybridized carbons (Fsp3) is 0.0588. The molecule has 0 saturated carbocycles. The summed E-state index contributed by atoms with van der Waals surface area (Å²) >= 11 is 1.52. The number of rotatable bonds is 2. The Morgan fingerprint density at radius 1 is 0.700 bits per heavy atom. The van der Waals surface area contributed by atoms with E-state index in [-0.39, 0.29) is 24.8 Å². The van der Waals surface area contributed by atoms with Gasteiger partial charge in [0.25, 0.3) is 0 Å². The van der Waals surface area contributed by atoms with Crippen molar-refractivity contribution >= 4 is 36.0 Å². The monoisotopic (exact) mass is 379 g/mol. The van der Waals surface area contributed by atoms with Crippen molar-refractivity contribution in [1.82, 2.24) is 0 Å². The van der Waals surface area contributed by atoms with Gasteiger partial charge in [0.15, 0.2) is 0 Å². The summed E-state index contributed by atoms with van der Waals surface area (Å²) in [6, 6.07) is 21.4. The summed E-state index contributed by atoms with van der Waals surface area (Å²) in [7, 11) is 0. The second kappa shape index (κ2) is 7.98. The van der Waals surface area contributed by atoms with E-state index < -0.39 is 0 Å². The fourth-order valence-corrected chi connectivity index (χ4v) is 3.31. The van der Waals surface area contributed by atoms with E-state index in [9.17, 15) is 0 Å². The predicted molar refractivity (Wildman–Crippen MR) is 86.9 cm³/mol. The van der Waals surface area contributed by atoms with Gasteiger partial charge in [-0.05, 0) is 0 Å². The molecule has 0 atom stereocenters. The molecule has 3 rings (SSSR count). The number of hydrogen-bond acceptors (Lipinski definition) is 0. The molecule has 20 heavy (non-hydrogen) atoms. The van der Waals surface area contributed by atoms with Gasteiger partial charge in [0.05, 0.1) is 0 Å². The molecule has 0 radical (unpaired) electrons. The Kier molecular flexibility index (Phi) is 6.96. The first-order valence-electron chi connectivity index (χ1n) is 6.11. The molecule has 101 valence electrons. The molecule has 0 saturated heterocycles. The quantitative estimate of drug-likeness (QED) is 0.664. The van der Waals surface area contributed by atoms with E-state index in [2.05, 4.69) is 66.7 Å². The molecule has 0 bridgehead atoms. The number of halogens is 2. The number of hydrogen-bond donors (Lipinski definition) is 0. The Bertz CT molecular complexity index is 616. The zero-order valence-electron chi connectivity index (χ0n) is 10.9. The molecule has 2 aromatic rings. The molecule has 1 aliphatic carbocycles. The van der Waals surface area contributed by atoms with Crippen molar-refractivity contribution in [2.45, 2.75) is 6.42 Å². The van der Waals surface area contributed by atoms with Crippen molar-refractivity contribution in [2.24, 2.45) is 0 Å². The van der Waals surface area contributed by atoms with Gasteiger partial charge in [-0.25, -0.2) is 0 Å². The molecule has 1 aliphatic rings. The third kappa shape index (κ3) is 3.73. The molecule has 0 nitrogen and oxygen atoms in total. The molecule has 0 aliphatic heterocycles. The van der Waals surface area contributed by atoms with Gasteiger partial charge < -0.3 is 0 Å². The topological polar surface area (TPSA) is 0 Å². The van der Waals surface area contributed by atoms with Crippen molar-refractivity contribution in [3.63, 3.8) is 0 Å². The molecule has 0 fully saturated rings. The first-order valence-corrected chi connectivity index (χ1v) is 7.33. The van der Waals surface area contributed by atoms with Crippen LogP contribution in [0.4, 0.5) is 0 Å². The summed E-state index contributed by atoms with van der Waals surface area (Å²) in [4.78, 5) is 0. The maximum atomic E-state index is 2.36. The normalized spacial score (nSPS) is 13.2. The zero-order chi connectivity index (χ0) is 12.4. The van der Waals surface area contributed by atoms with Crippen molar-refractivity contribution in [3.05, 3.63) is 81.1 Å². The molecule has 3 heteroatoms. The van der Waals surface area contributed by atoms with Crippen LogP contribution in [0.2, 0.25) is 0 Å². The Morgan fingerprint density at radius 2 is 1.20 bits per heavy atom. The standard InChI is InChI=1S/C17H13.2ClH.Zr/c1-3-7-14(8-4-1)16-11-12-17(13-16)15-9-5-2-6-10-15;;;/h1-10,13H,11H2;2*1H;. The average molecular weight is 381 g/mol. The van der Waals surface area contributed by atoms with Gasteiger partial charge in [0, 0.05) is 0 Å². The average Bonchev–Trinajstić information content (AvgIpc) is 2.83. The molecule has 0 spiro atoms. The van der Waals surface area contributed by atoms with Crippen LogP contribution in [0.5, 0.6) is 0 Å². The third-order valence-corrected chi connectivity index (χ3v) is 4.34. The van der Waals surface area contributed by atoms with E-state index in [1.165, 1.54) is 47.0 Å². The zero-order valence-corrected chi connectivity index (χ0v) is 15.0. The minimum atomic E-state index is 0. The van der Waals surface area contributed by atoms with Crippen molar-refractivity contribution in [1.29, 1.82) is 0 Å². The van der Waals surface area contributed by atoms with Gasteiger partial charge in [-0.15, -0.1) is 24.8 Å². The summed E-state index contributed by atoms with van der Waals surface area (Å²) in [6.45, 7) is 0. The van der Waals surface area contributed by atoms with Crippen LogP contribution in [0.3, 0.4) is 0 Å². The van der Waals surface area contributed by atoms with Gasteiger partial charge in [-0.1, -0.05) is 0 Å². The van der Waals surface area contributed by atoms with Crippen LogP contribution in [-0.2, 0) is 24.7 Å². The summed E-state index contributed by atoms with van der Waals surface area (Å²) in [5, 5.41) is 0. The van der Waals surface area contributed by atoms with Crippen LogP contribution in [0, 0.1) is 0 Å². The number of benzene rings is 2. The van der Waals surface area contributed by atoms with Gasteiger partial charge in [0.1, 0.15) is 0 Å². The van der Waals surface area contributed by atoms with Crippen LogP contribution < -0.4 is 0 Å². The molecule has 0 aromatic heterocycles. The van der Waals surface area contributed by atoms with E-state index in [0.717, 1.165) is 6.42 Å². The SMILES string of the molecule is Cl.Cl.[Zr][C]1=C(c2ccccc2)C=C(c2ccccc2)C1. The third-order valence-electron chi connectivity index (χ3n) is 3.24. The second-order valence-corrected chi connectivity index (χ2v) is 5.95. The summed E-state index contributed by atoms with van der Waals surface area (Å²) in [5.74, 6) is 0. The van der Waals surface area contributed by atoms with Crippen LogP contribution in [-0.4, -0.2) is 0 Å². The van der Waals surface area contributed by atoms with Crippen molar-refractivity contribution in [2.75, 3.05) is 0 Å². The minimum absolute atomic E-state index is 0. The fourth-order valence-electron chi connectivity index (χ4n) is 2.31. The summed E-state index contributed by atoms with van der Waals surface area (Å²) < 4.78 is 1.55. The van der Waals surface area contributed by atoms with E-state index in [1.807, 2.05) is 0 Å². The Morgan fingerprint density at radius 3 is 1.75 bits per heavy atom. The van der Waals surface area contributed by atoms with Crippen LogP contribution in [0.1, 0.15) is 17.5 Å². The second-order valence-electron chi connectivity index (χ2n) is 4.47. The van der Waals surface area contributed by atoms with E-state index in [0.29, 0.717) is 0 Å². The Hall–Kier alpha value is -0.617. The maximum absolute atomic E-state index is 2.36. The van der Waals surface area contributed by atoms with Gasteiger partial charge in [0.2, 0.25) is 0 Å². The Labute approximate surface area is 147 Å². The predicted octanol–water partition coefficient (Wildman–Crippen LogP) is 5.28. The van der Waals surface area contributed by atoms with Gasteiger partial charge in [-0.2, -0.15) is 0 Å². The molecular formula is C17H15Cl2Zr. The number of allylic oxidation sites excluding steroid dienone is 4. The van der Waals surface area contributed by atoms with Crippen molar-refractivity contribution < 1.29 is 24.7 Å².